The van der Waals surface area contributed by atoms with Crippen LogP contribution in [-0.2, 0) is 11.2 Å². The minimum Gasteiger partial charge on any atom is -0.393 e. The Morgan fingerprint density at radius 3 is 2.85 bits per heavy atom. The zero-order chi connectivity index (χ0) is 14.4. The van der Waals surface area contributed by atoms with E-state index in [0.29, 0.717) is 24.4 Å². The smallest absolute Gasteiger partial charge is 0.226 e. The summed E-state index contributed by atoms with van der Waals surface area (Å²) in [5.41, 5.74) is 1.53. The standard InChI is InChI=1S/C15H18N2O3/c1-11(18)7-8-16-15(19)10-13-9-14(20-17-13)12-5-3-2-4-6-12/h2-6,9,11,18H,7-8,10H2,1H3,(H,16,19). The van der Waals surface area contributed by atoms with Gasteiger partial charge in [-0.15, -0.1) is 0 Å². The van der Waals surface area contributed by atoms with E-state index in [2.05, 4.69) is 10.5 Å². The molecule has 0 spiro atoms. The first kappa shape index (κ1) is 14.3. The zero-order valence-corrected chi connectivity index (χ0v) is 11.4. The molecule has 1 atom stereocenters. The number of rotatable bonds is 6. The van der Waals surface area contributed by atoms with Crippen LogP contribution < -0.4 is 5.32 Å². The van der Waals surface area contributed by atoms with E-state index >= 15 is 0 Å². The molecule has 5 heteroatoms. The monoisotopic (exact) mass is 274 g/mol. The van der Waals surface area contributed by atoms with E-state index in [1.165, 1.54) is 0 Å². The molecule has 106 valence electrons. The Hall–Kier alpha value is -2.14. The molecule has 0 saturated heterocycles. The third-order valence-electron chi connectivity index (χ3n) is 2.84. The van der Waals surface area contributed by atoms with E-state index < -0.39 is 6.10 Å². The molecule has 5 nitrogen and oxygen atoms in total. The molecular formula is C15H18N2O3. The van der Waals surface area contributed by atoms with E-state index in [1.54, 1.807) is 13.0 Å². The Labute approximate surface area is 117 Å². The number of nitrogens with zero attached hydrogens (tertiary/aromatic N) is 1. The lowest BCUT2D eigenvalue weighted by Gasteiger charge is -2.05. The van der Waals surface area contributed by atoms with Gasteiger partial charge in [-0.1, -0.05) is 35.5 Å². The van der Waals surface area contributed by atoms with E-state index in [-0.39, 0.29) is 12.3 Å². The second-order valence-corrected chi connectivity index (χ2v) is 4.71. The predicted molar refractivity (Wildman–Crippen MR) is 75.0 cm³/mol. The lowest BCUT2D eigenvalue weighted by Crippen LogP contribution is -2.27. The van der Waals surface area contributed by atoms with Crippen LogP contribution in [0.4, 0.5) is 0 Å². The first-order valence-corrected chi connectivity index (χ1v) is 6.61. The van der Waals surface area contributed by atoms with Crippen molar-refractivity contribution in [2.24, 2.45) is 0 Å². The minimum absolute atomic E-state index is 0.126. The largest absolute Gasteiger partial charge is 0.393 e. The van der Waals surface area contributed by atoms with Gasteiger partial charge in [-0.2, -0.15) is 0 Å². The third-order valence-corrected chi connectivity index (χ3v) is 2.84. The molecule has 20 heavy (non-hydrogen) atoms. The number of hydrogen-bond donors (Lipinski definition) is 2. The summed E-state index contributed by atoms with van der Waals surface area (Å²) in [7, 11) is 0. The molecule has 1 aromatic heterocycles. The van der Waals surface area contributed by atoms with E-state index in [9.17, 15) is 4.79 Å². The molecule has 0 bridgehead atoms. The van der Waals surface area contributed by atoms with Crippen LogP contribution in [0, 0.1) is 0 Å². The van der Waals surface area contributed by atoms with Gasteiger partial charge in [0.15, 0.2) is 5.76 Å². The summed E-state index contributed by atoms with van der Waals surface area (Å²) in [5, 5.41) is 15.7. The molecule has 1 unspecified atom stereocenters. The van der Waals surface area contributed by atoms with Crippen LogP contribution in [0.3, 0.4) is 0 Å². The summed E-state index contributed by atoms with van der Waals surface area (Å²) in [6.07, 6.45) is 0.308. The fraction of sp³-hybridized carbons (Fsp3) is 0.333. The summed E-state index contributed by atoms with van der Waals surface area (Å²) >= 11 is 0. The van der Waals surface area contributed by atoms with Crippen LogP contribution in [0.2, 0.25) is 0 Å². The highest BCUT2D eigenvalue weighted by molar-refractivity contribution is 5.78. The van der Waals surface area contributed by atoms with E-state index in [0.717, 1.165) is 5.56 Å². The quantitative estimate of drug-likeness (QED) is 0.841. The zero-order valence-electron chi connectivity index (χ0n) is 11.4. The van der Waals surface area contributed by atoms with Gasteiger partial charge in [-0.25, -0.2) is 0 Å². The fourth-order valence-corrected chi connectivity index (χ4v) is 1.78. The number of amides is 1. The molecule has 1 heterocycles. The van der Waals surface area contributed by atoms with Crippen molar-refractivity contribution in [2.75, 3.05) is 6.54 Å². The maximum absolute atomic E-state index is 11.7. The van der Waals surface area contributed by atoms with Crippen molar-refractivity contribution in [1.82, 2.24) is 10.5 Å². The fourth-order valence-electron chi connectivity index (χ4n) is 1.78. The van der Waals surface area contributed by atoms with Crippen molar-refractivity contribution in [3.05, 3.63) is 42.1 Å². The first-order valence-electron chi connectivity index (χ1n) is 6.61. The van der Waals surface area contributed by atoms with Crippen LogP contribution in [0.1, 0.15) is 19.0 Å². The molecule has 2 N–H and O–H groups in total. The van der Waals surface area contributed by atoms with Gasteiger partial charge in [0.05, 0.1) is 18.2 Å². The van der Waals surface area contributed by atoms with Gasteiger partial charge in [0.25, 0.3) is 0 Å². The number of aliphatic hydroxyl groups excluding tert-OH is 1. The summed E-state index contributed by atoms with van der Waals surface area (Å²) in [6.45, 7) is 2.15. The SMILES string of the molecule is CC(O)CCNC(=O)Cc1cc(-c2ccccc2)on1. The van der Waals surface area contributed by atoms with E-state index in [4.69, 9.17) is 9.63 Å². The van der Waals surface area contributed by atoms with Gasteiger partial charge in [-0.05, 0) is 13.3 Å². The molecule has 0 aliphatic heterocycles. The molecule has 0 fully saturated rings. The van der Waals surface area contributed by atoms with Gasteiger partial charge < -0.3 is 14.9 Å². The molecule has 0 radical (unpaired) electrons. The van der Waals surface area contributed by atoms with Crippen molar-refractivity contribution in [1.29, 1.82) is 0 Å². The maximum Gasteiger partial charge on any atom is 0.226 e. The summed E-state index contributed by atoms with van der Waals surface area (Å²) in [5.74, 6) is 0.524. The molecule has 0 aliphatic rings. The van der Waals surface area contributed by atoms with Gasteiger partial charge >= 0.3 is 0 Å². The van der Waals surface area contributed by atoms with Gasteiger partial charge in [0.1, 0.15) is 0 Å². The third kappa shape index (κ3) is 4.20. The lowest BCUT2D eigenvalue weighted by atomic mass is 10.1. The van der Waals surface area contributed by atoms with Gasteiger partial charge in [-0.3, -0.25) is 4.79 Å². The van der Waals surface area contributed by atoms with Crippen LogP contribution >= 0.6 is 0 Å². The molecule has 0 aliphatic carbocycles. The van der Waals surface area contributed by atoms with Crippen LogP contribution in [-0.4, -0.2) is 28.8 Å². The Balaban J connectivity index is 1.88. The van der Waals surface area contributed by atoms with Crippen molar-refractivity contribution in [3.8, 4) is 11.3 Å². The highest BCUT2D eigenvalue weighted by Crippen LogP contribution is 2.19. The highest BCUT2D eigenvalue weighted by Gasteiger charge is 2.10. The number of carbonyl (C=O) groups excluding carboxylic acids is 1. The maximum atomic E-state index is 11.7. The normalized spacial score (nSPS) is 12.1. The van der Waals surface area contributed by atoms with Crippen molar-refractivity contribution >= 4 is 5.91 Å². The molecule has 1 aromatic carbocycles. The summed E-state index contributed by atoms with van der Waals surface area (Å²) in [4.78, 5) is 11.7. The van der Waals surface area contributed by atoms with Gasteiger partial charge in [0, 0.05) is 18.2 Å². The second kappa shape index (κ2) is 6.86. The number of benzene rings is 1. The second-order valence-electron chi connectivity index (χ2n) is 4.71. The minimum atomic E-state index is -0.410. The number of nitrogens with one attached hydrogen (secondary N) is 1. The lowest BCUT2D eigenvalue weighted by molar-refractivity contribution is -0.120. The predicted octanol–water partition coefficient (Wildman–Crippen LogP) is 1.77. The van der Waals surface area contributed by atoms with Gasteiger partial charge in [0.2, 0.25) is 5.91 Å². The van der Waals surface area contributed by atoms with Crippen LogP contribution in [0.5, 0.6) is 0 Å². The van der Waals surface area contributed by atoms with E-state index in [1.807, 2.05) is 30.3 Å². The summed E-state index contributed by atoms with van der Waals surface area (Å²) in [6, 6.07) is 11.4. The number of carbonyl (C=O) groups is 1. The number of aromatic nitrogens is 1. The summed E-state index contributed by atoms with van der Waals surface area (Å²) < 4.78 is 5.22. The Bertz CT molecular complexity index is 549. The Kier molecular flexibility index (Phi) is 4.90. The number of hydrogen-bond acceptors (Lipinski definition) is 4. The highest BCUT2D eigenvalue weighted by atomic mass is 16.5. The number of aliphatic hydroxyl groups is 1. The topological polar surface area (TPSA) is 75.4 Å². The van der Waals surface area contributed by atoms with Crippen LogP contribution in [0.25, 0.3) is 11.3 Å². The Morgan fingerprint density at radius 2 is 2.15 bits per heavy atom. The van der Waals surface area contributed by atoms with Crippen LogP contribution in [0.15, 0.2) is 40.9 Å². The Morgan fingerprint density at radius 1 is 1.40 bits per heavy atom. The van der Waals surface area contributed by atoms with Crippen molar-refractivity contribution in [3.63, 3.8) is 0 Å². The molecule has 0 saturated carbocycles. The van der Waals surface area contributed by atoms with Crippen molar-refractivity contribution in [2.45, 2.75) is 25.9 Å². The molecule has 1 amide bonds. The molecule has 2 aromatic rings. The average molecular weight is 274 g/mol. The average Bonchev–Trinajstić information content (AvgIpc) is 2.88. The molecule has 2 rings (SSSR count). The van der Waals surface area contributed by atoms with Crippen molar-refractivity contribution < 1.29 is 14.4 Å². The first-order chi connectivity index (χ1) is 9.65. The molecular weight excluding hydrogens is 256 g/mol.